The number of ether oxygens (including phenoxy) is 1. The highest BCUT2D eigenvalue weighted by atomic mass is 35.5. The van der Waals surface area contributed by atoms with Gasteiger partial charge in [-0.1, -0.05) is 53.5 Å². The predicted molar refractivity (Wildman–Crippen MR) is 114 cm³/mol. The standard InChI is InChI=1S/C18H21Cl2N3O4S/c1-4-22(5-2)8-9-27-21-11-15-13(10-16(28-15)23(24)25)12-6-7-14(26-3)18(20)17(12)19/h6-7,10-11H,4-5,8-9H2,1-3H3. The number of halogens is 2. The molecule has 0 amide bonds. The Morgan fingerprint density at radius 3 is 2.57 bits per heavy atom. The Hall–Kier alpha value is -1.87. The number of nitrogens with zero attached hydrogens (tertiary/aromatic N) is 3. The van der Waals surface area contributed by atoms with Crippen molar-refractivity contribution in [2.75, 3.05) is 33.4 Å². The van der Waals surface area contributed by atoms with E-state index < -0.39 is 4.92 Å². The zero-order valence-corrected chi connectivity index (χ0v) is 18.1. The first-order chi connectivity index (χ1) is 13.4. The van der Waals surface area contributed by atoms with E-state index in [1.54, 1.807) is 12.1 Å². The highest BCUT2D eigenvalue weighted by Crippen LogP contribution is 2.43. The van der Waals surface area contributed by atoms with E-state index in [0.29, 0.717) is 28.4 Å². The van der Waals surface area contributed by atoms with Crippen molar-refractivity contribution in [2.45, 2.75) is 13.8 Å². The van der Waals surface area contributed by atoms with Gasteiger partial charge in [-0.05, 0) is 25.2 Å². The maximum atomic E-state index is 11.2. The monoisotopic (exact) mass is 445 g/mol. The average molecular weight is 446 g/mol. The fourth-order valence-electron chi connectivity index (χ4n) is 2.53. The van der Waals surface area contributed by atoms with Crippen LogP contribution in [0.5, 0.6) is 5.75 Å². The molecule has 0 radical (unpaired) electrons. The van der Waals surface area contributed by atoms with Crippen molar-refractivity contribution in [3.05, 3.63) is 43.2 Å². The van der Waals surface area contributed by atoms with E-state index in [9.17, 15) is 10.1 Å². The number of nitro groups is 1. The van der Waals surface area contributed by atoms with Crippen LogP contribution in [0, 0.1) is 10.1 Å². The van der Waals surface area contributed by atoms with Gasteiger partial charge in [0.15, 0.2) is 0 Å². The number of likely N-dealkylation sites (N-methyl/N-ethyl adjacent to an activating group) is 1. The summed E-state index contributed by atoms with van der Waals surface area (Å²) in [6.45, 7) is 7.20. The molecule has 2 rings (SSSR count). The van der Waals surface area contributed by atoms with Gasteiger partial charge in [0.05, 0.1) is 28.1 Å². The Morgan fingerprint density at radius 2 is 1.96 bits per heavy atom. The molecule has 7 nitrogen and oxygen atoms in total. The molecule has 0 unspecified atom stereocenters. The Kier molecular flexibility index (Phi) is 8.50. The molecule has 0 saturated heterocycles. The van der Waals surface area contributed by atoms with Gasteiger partial charge < -0.3 is 14.5 Å². The molecule has 0 atom stereocenters. The SMILES string of the molecule is CCN(CC)CCON=Cc1sc([N+](=O)[O-])cc1-c1ccc(OC)c(Cl)c1Cl. The molecule has 0 N–H and O–H groups in total. The Morgan fingerprint density at radius 1 is 1.25 bits per heavy atom. The van der Waals surface area contributed by atoms with Gasteiger partial charge in [-0.15, -0.1) is 0 Å². The maximum Gasteiger partial charge on any atom is 0.325 e. The molecule has 1 aromatic carbocycles. The fourth-order valence-corrected chi connectivity index (χ4v) is 3.88. The minimum atomic E-state index is -0.453. The van der Waals surface area contributed by atoms with Crippen LogP contribution in [0.4, 0.5) is 5.00 Å². The third-order valence-corrected chi connectivity index (χ3v) is 6.01. The number of benzene rings is 1. The highest BCUT2D eigenvalue weighted by Gasteiger charge is 2.21. The summed E-state index contributed by atoms with van der Waals surface area (Å²) in [5, 5.41) is 15.7. The van der Waals surface area contributed by atoms with Crippen molar-refractivity contribution >= 4 is 45.8 Å². The summed E-state index contributed by atoms with van der Waals surface area (Å²) in [6.07, 6.45) is 1.46. The van der Waals surface area contributed by atoms with E-state index in [4.69, 9.17) is 32.8 Å². The first-order valence-electron chi connectivity index (χ1n) is 8.61. The van der Waals surface area contributed by atoms with Crippen molar-refractivity contribution in [2.24, 2.45) is 5.16 Å². The van der Waals surface area contributed by atoms with Crippen molar-refractivity contribution in [3.8, 4) is 16.9 Å². The summed E-state index contributed by atoms with van der Waals surface area (Å²) >= 11 is 13.6. The van der Waals surface area contributed by atoms with Crippen LogP contribution in [-0.4, -0.2) is 49.4 Å². The van der Waals surface area contributed by atoms with Gasteiger partial charge in [0.2, 0.25) is 0 Å². The number of hydrogen-bond donors (Lipinski definition) is 0. The van der Waals surface area contributed by atoms with Crippen LogP contribution >= 0.6 is 34.5 Å². The topological polar surface area (TPSA) is 77.2 Å². The number of hydrogen-bond acceptors (Lipinski definition) is 7. The van der Waals surface area contributed by atoms with Crippen LogP contribution < -0.4 is 4.74 Å². The van der Waals surface area contributed by atoms with Gasteiger partial charge in [0.25, 0.3) is 0 Å². The summed E-state index contributed by atoms with van der Waals surface area (Å²) in [6, 6.07) is 4.82. The molecule has 0 spiro atoms. The molecule has 1 aromatic heterocycles. The number of methoxy groups -OCH3 is 1. The molecular formula is C18H21Cl2N3O4S. The molecule has 0 aliphatic rings. The molecule has 10 heteroatoms. The largest absolute Gasteiger partial charge is 0.495 e. The van der Waals surface area contributed by atoms with E-state index in [0.717, 1.165) is 31.0 Å². The fraction of sp³-hybridized carbons (Fsp3) is 0.389. The van der Waals surface area contributed by atoms with Crippen LogP contribution in [-0.2, 0) is 4.84 Å². The van der Waals surface area contributed by atoms with E-state index in [1.165, 1.54) is 19.4 Å². The third kappa shape index (κ3) is 5.35. The molecule has 1 heterocycles. The Labute approximate surface area is 177 Å². The molecule has 0 fully saturated rings. The van der Waals surface area contributed by atoms with Gasteiger partial charge in [-0.2, -0.15) is 0 Å². The van der Waals surface area contributed by atoms with Crippen molar-refractivity contribution in [1.29, 1.82) is 0 Å². The van der Waals surface area contributed by atoms with Crippen molar-refractivity contribution in [1.82, 2.24) is 4.90 Å². The van der Waals surface area contributed by atoms with Crippen LogP contribution in [0.3, 0.4) is 0 Å². The lowest BCUT2D eigenvalue weighted by atomic mass is 10.1. The lowest BCUT2D eigenvalue weighted by molar-refractivity contribution is -0.380. The lowest BCUT2D eigenvalue weighted by Gasteiger charge is -2.16. The number of rotatable bonds is 10. The van der Waals surface area contributed by atoms with E-state index >= 15 is 0 Å². The first-order valence-corrected chi connectivity index (χ1v) is 10.2. The van der Waals surface area contributed by atoms with E-state index in [2.05, 4.69) is 23.9 Å². The minimum Gasteiger partial charge on any atom is -0.495 e. The highest BCUT2D eigenvalue weighted by molar-refractivity contribution is 7.17. The second kappa shape index (κ2) is 10.6. The maximum absolute atomic E-state index is 11.2. The average Bonchev–Trinajstić information content (AvgIpc) is 3.11. The molecule has 0 aliphatic heterocycles. The molecule has 2 aromatic rings. The first kappa shape index (κ1) is 22.4. The van der Waals surface area contributed by atoms with Gasteiger partial charge in [0.1, 0.15) is 17.4 Å². The van der Waals surface area contributed by atoms with Crippen molar-refractivity contribution < 1.29 is 14.5 Å². The van der Waals surface area contributed by atoms with E-state index in [1.807, 2.05) is 0 Å². The lowest BCUT2D eigenvalue weighted by Crippen LogP contribution is -2.26. The molecule has 0 saturated carbocycles. The predicted octanol–water partition coefficient (Wildman–Crippen LogP) is 5.33. The van der Waals surface area contributed by atoms with Crippen LogP contribution in [0.25, 0.3) is 11.1 Å². The summed E-state index contributed by atoms with van der Waals surface area (Å²) in [5.74, 6) is 0.426. The second-order valence-corrected chi connectivity index (χ2v) is 7.48. The van der Waals surface area contributed by atoms with Crippen LogP contribution in [0.15, 0.2) is 23.4 Å². The van der Waals surface area contributed by atoms with Gasteiger partial charge in [-0.3, -0.25) is 10.1 Å². The molecular weight excluding hydrogens is 425 g/mol. The molecule has 0 bridgehead atoms. The summed E-state index contributed by atoms with van der Waals surface area (Å²) in [7, 11) is 1.49. The van der Waals surface area contributed by atoms with Crippen molar-refractivity contribution in [3.63, 3.8) is 0 Å². The Balaban J connectivity index is 2.27. The zero-order valence-electron chi connectivity index (χ0n) is 15.8. The zero-order chi connectivity index (χ0) is 20.7. The molecule has 0 aliphatic carbocycles. The molecule has 152 valence electrons. The molecule has 28 heavy (non-hydrogen) atoms. The Bertz CT molecular complexity index is 854. The number of oxime groups is 1. The van der Waals surface area contributed by atoms with Gasteiger partial charge >= 0.3 is 5.00 Å². The normalized spacial score (nSPS) is 11.4. The summed E-state index contributed by atoms with van der Waals surface area (Å²) in [4.78, 5) is 18.8. The van der Waals surface area contributed by atoms with Crippen LogP contribution in [0.1, 0.15) is 18.7 Å². The van der Waals surface area contributed by atoms with Crippen LogP contribution in [0.2, 0.25) is 10.0 Å². The summed E-state index contributed by atoms with van der Waals surface area (Å²) in [5.41, 5.74) is 1.11. The smallest absolute Gasteiger partial charge is 0.325 e. The second-order valence-electron chi connectivity index (χ2n) is 5.66. The van der Waals surface area contributed by atoms with Gasteiger partial charge in [0, 0.05) is 23.7 Å². The number of thiophene rings is 1. The quantitative estimate of drug-likeness (QED) is 0.213. The summed E-state index contributed by atoms with van der Waals surface area (Å²) < 4.78 is 5.15. The minimum absolute atomic E-state index is 0.0254. The van der Waals surface area contributed by atoms with Gasteiger partial charge in [-0.25, -0.2) is 0 Å². The van der Waals surface area contributed by atoms with E-state index in [-0.39, 0.29) is 15.0 Å². The third-order valence-electron chi connectivity index (χ3n) is 4.12.